The van der Waals surface area contributed by atoms with Crippen LogP contribution in [0.15, 0.2) is 24.4 Å². The minimum absolute atomic E-state index is 0.0303. The fourth-order valence-corrected chi connectivity index (χ4v) is 1.89. The number of rotatable bonds is 2. The first kappa shape index (κ1) is 14.6. The van der Waals surface area contributed by atoms with E-state index in [0.29, 0.717) is 17.1 Å². The van der Waals surface area contributed by atoms with Crippen LogP contribution in [0, 0.1) is 13.8 Å². The van der Waals surface area contributed by atoms with Crippen LogP contribution in [-0.2, 0) is 6.18 Å². The van der Waals surface area contributed by atoms with E-state index in [4.69, 9.17) is 11.6 Å². The molecule has 2 aromatic rings. The summed E-state index contributed by atoms with van der Waals surface area (Å²) in [5.41, 5.74) is 0.443. The Morgan fingerprint density at radius 1 is 1.20 bits per heavy atom. The third-order valence-corrected chi connectivity index (χ3v) is 3.02. The summed E-state index contributed by atoms with van der Waals surface area (Å²) in [6.07, 6.45) is -2.89. The van der Waals surface area contributed by atoms with Crippen molar-refractivity contribution in [3.8, 4) is 0 Å². The fourth-order valence-electron chi connectivity index (χ4n) is 1.75. The van der Waals surface area contributed by atoms with Gasteiger partial charge in [0.1, 0.15) is 5.82 Å². The van der Waals surface area contributed by atoms with Gasteiger partial charge in [-0.15, -0.1) is 0 Å². The minimum atomic E-state index is -4.39. The van der Waals surface area contributed by atoms with Crippen LogP contribution in [0.2, 0.25) is 5.28 Å². The van der Waals surface area contributed by atoms with E-state index in [1.165, 1.54) is 19.2 Å². The average molecular weight is 302 g/mol. The minimum Gasteiger partial charge on any atom is -0.340 e. The maximum Gasteiger partial charge on any atom is 0.416 e. The predicted molar refractivity (Wildman–Crippen MR) is 71.2 cm³/mol. The number of alkyl halides is 3. The van der Waals surface area contributed by atoms with Gasteiger partial charge in [-0.3, -0.25) is 0 Å². The molecular weight excluding hydrogens is 291 g/mol. The van der Waals surface area contributed by atoms with Crippen molar-refractivity contribution in [3.63, 3.8) is 0 Å². The molecule has 7 heteroatoms. The molecule has 0 saturated carbocycles. The highest BCUT2D eigenvalue weighted by molar-refractivity contribution is 6.28. The molecule has 0 unspecified atom stereocenters. The Kier molecular flexibility index (Phi) is 3.85. The quantitative estimate of drug-likeness (QED) is 0.829. The summed E-state index contributed by atoms with van der Waals surface area (Å²) < 4.78 is 38.5. The van der Waals surface area contributed by atoms with Gasteiger partial charge in [0.15, 0.2) is 0 Å². The summed E-state index contributed by atoms with van der Waals surface area (Å²) in [4.78, 5) is 7.76. The lowest BCUT2D eigenvalue weighted by Gasteiger charge is -2.15. The van der Waals surface area contributed by atoms with E-state index in [1.807, 2.05) is 0 Å². The topological polar surface area (TPSA) is 37.8 Å². The molecule has 0 atom stereocenters. The van der Waals surface area contributed by atoms with Gasteiger partial charge in [0.05, 0.1) is 5.56 Å². The van der Waals surface area contributed by atoms with Crippen LogP contribution < -0.4 is 5.32 Å². The number of hydrogen-bond donors (Lipinski definition) is 1. The van der Waals surface area contributed by atoms with Gasteiger partial charge in [-0.05, 0) is 43.1 Å². The number of aryl methyl sites for hydroxylation is 1. The zero-order chi connectivity index (χ0) is 14.9. The van der Waals surface area contributed by atoms with E-state index in [-0.39, 0.29) is 10.8 Å². The van der Waals surface area contributed by atoms with Crippen molar-refractivity contribution >= 4 is 23.1 Å². The summed E-state index contributed by atoms with van der Waals surface area (Å²) in [5.74, 6) is 0.382. The van der Waals surface area contributed by atoms with E-state index in [0.717, 1.165) is 6.07 Å². The number of nitrogens with one attached hydrogen (secondary N) is 1. The SMILES string of the molecule is Cc1cnc(Cl)nc1Nc1cccc(C(F)(F)F)c1C. The fraction of sp³-hybridized carbons (Fsp3) is 0.231. The summed E-state index contributed by atoms with van der Waals surface area (Å²) >= 11 is 5.68. The number of hydrogen-bond acceptors (Lipinski definition) is 3. The van der Waals surface area contributed by atoms with Gasteiger partial charge in [0, 0.05) is 17.4 Å². The second-order valence-electron chi connectivity index (χ2n) is 4.27. The van der Waals surface area contributed by atoms with E-state index >= 15 is 0 Å². The van der Waals surface area contributed by atoms with Crippen LogP contribution in [0.3, 0.4) is 0 Å². The molecule has 0 aliphatic heterocycles. The van der Waals surface area contributed by atoms with Crippen LogP contribution >= 0.6 is 11.6 Å². The van der Waals surface area contributed by atoms with Gasteiger partial charge < -0.3 is 5.32 Å². The molecule has 2 rings (SSSR count). The first-order chi connectivity index (χ1) is 9.29. The third-order valence-electron chi connectivity index (χ3n) is 2.83. The van der Waals surface area contributed by atoms with E-state index in [2.05, 4.69) is 15.3 Å². The molecule has 20 heavy (non-hydrogen) atoms. The van der Waals surface area contributed by atoms with Crippen LogP contribution in [0.1, 0.15) is 16.7 Å². The largest absolute Gasteiger partial charge is 0.416 e. The zero-order valence-corrected chi connectivity index (χ0v) is 11.5. The van der Waals surface area contributed by atoms with Crippen molar-refractivity contribution in [2.75, 3.05) is 5.32 Å². The second kappa shape index (κ2) is 5.28. The molecule has 0 spiro atoms. The van der Waals surface area contributed by atoms with Crippen LogP contribution in [0.4, 0.5) is 24.7 Å². The van der Waals surface area contributed by atoms with Gasteiger partial charge in [0.25, 0.3) is 0 Å². The Morgan fingerprint density at radius 2 is 1.90 bits per heavy atom. The molecule has 1 aromatic carbocycles. The Hall–Kier alpha value is -1.82. The Labute approximate surface area is 118 Å². The summed E-state index contributed by atoms with van der Waals surface area (Å²) in [7, 11) is 0. The van der Waals surface area contributed by atoms with Gasteiger partial charge >= 0.3 is 6.18 Å². The lowest BCUT2D eigenvalue weighted by atomic mass is 10.1. The highest BCUT2D eigenvalue weighted by Gasteiger charge is 2.32. The number of aromatic nitrogens is 2. The van der Waals surface area contributed by atoms with Gasteiger partial charge in [0.2, 0.25) is 5.28 Å². The smallest absolute Gasteiger partial charge is 0.340 e. The molecule has 0 aliphatic carbocycles. The molecule has 1 N–H and O–H groups in total. The zero-order valence-electron chi connectivity index (χ0n) is 10.7. The lowest BCUT2D eigenvalue weighted by Crippen LogP contribution is -2.09. The summed E-state index contributed by atoms with van der Waals surface area (Å²) in [6, 6.07) is 3.94. The van der Waals surface area contributed by atoms with Gasteiger partial charge in [-0.2, -0.15) is 13.2 Å². The highest BCUT2D eigenvalue weighted by atomic mass is 35.5. The number of benzene rings is 1. The maximum atomic E-state index is 12.8. The van der Waals surface area contributed by atoms with Crippen LogP contribution in [0.5, 0.6) is 0 Å². The standard InChI is InChI=1S/C13H11ClF3N3/c1-7-6-18-12(14)20-11(7)19-10-5-3-4-9(8(10)2)13(15,16)17/h3-6H,1-2H3,(H,18,19,20). The lowest BCUT2D eigenvalue weighted by molar-refractivity contribution is -0.138. The average Bonchev–Trinajstić information content (AvgIpc) is 2.35. The Bertz CT molecular complexity index is 641. The normalized spacial score (nSPS) is 11.5. The van der Waals surface area contributed by atoms with Crippen molar-refractivity contribution < 1.29 is 13.2 Å². The van der Waals surface area contributed by atoms with Crippen molar-refractivity contribution in [2.24, 2.45) is 0 Å². The van der Waals surface area contributed by atoms with Crippen LogP contribution in [-0.4, -0.2) is 9.97 Å². The molecule has 0 saturated heterocycles. The van der Waals surface area contributed by atoms with E-state index in [1.54, 1.807) is 13.0 Å². The van der Waals surface area contributed by atoms with E-state index < -0.39 is 11.7 Å². The monoisotopic (exact) mass is 301 g/mol. The Balaban J connectivity index is 2.42. The molecule has 106 valence electrons. The molecule has 0 amide bonds. The molecule has 1 aromatic heterocycles. The Morgan fingerprint density at radius 3 is 2.55 bits per heavy atom. The molecule has 0 radical (unpaired) electrons. The first-order valence-corrected chi connectivity index (χ1v) is 6.10. The maximum absolute atomic E-state index is 12.8. The molecule has 0 aliphatic rings. The number of nitrogens with zero attached hydrogens (tertiary/aromatic N) is 2. The van der Waals surface area contributed by atoms with Gasteiger partial charge in [-0.1, -0.05) is 6.07 Å². The van der Waals surface area contributed by atoms with Crippen molar-refractivity contribution in [3.05, 3.63) is 46.4 Å². The van der Waals surface area contributed by atoms with Crippen LogP contribution in [0.25, 0.3) is 0 Å². The third kappa shape index (κ3) is 3.01. The van der Waals surface area contributed by atoms with Crippen molar-refractivity contribution in [2.45, 2.75) is 20.0 Å². The predicted octanol–water partition coefficient (Wildman–Crippen LogP) is 4.51. The second-order valence-corrected chi connectivity index (χ2v) is 4.61. The number of halogens is 4. The molecule has 1 heterocycles. The molecule has 0 bridgehead atoms. The van der Waals surface area contributed by atoms with Crippen molar-refractivity contribution in [1.82, 2.24) is 9.97 Å². The first-order valence-electron chi connectivity index (χ1n) is 5.72. The molecule has 3 nitrogen and oxygen atoms in total. The van der Waals surface area contributed by atoms with Crippen molar-refractivity contribution in [1.29, 1.82) is 0 Å². The molecule has 0 fully saturated rings. The summed E-state index contributed by atoms with van der Waals surface area (Å²) in [6.45, 7) is 3.14. The summed E-state index contributed by atoms with van der Waals surface area (Å²) in [5, 5.41) is 2.89. The van der Waals surface area contributed by atoms with Gasteiger partial charge in [-0.25, -0.2) is 9.97 Å². The molecular formula is C13H11ClF3N3. The highest BCUT2D eigenvalue weighted by Crippen LogP contribution is 2.35. The van der Waals surface area contributed by atoms with E-state index in [9.17, 15) is 13.2 Å². The number of anilines is 2.